The van der Waals surface area contributed by atoms with E-state index in [1.807, 2.05) is 0 Å². The highest BCUT2D eigenvalue weighted by molar-refractivity contribution is 6.42. The first-order valence-corrected chi connectivity index (χ1v) is 7.60. The zero-order chi connectivity index (χ0) is 16.6. The summed E-state index contributed by atoms with van der Waals surface area (Å²) in [6.07, 6.45) is -0.161. The van der Waals surface area contributed by atoms with Crippen molar-refractivity contribution in [3.63, 3.8) is 0 Å². The lowest BCUT2D eigenvalue weighted by atomic mass is 10.2. The van der Waals surface area contributed by atoms with Crippen molar-refractivity contribution in [2.75, 3.05) is 9.96 Å². The summed E-state index contributed by atoms with van der Waals surface area (Å²) in [5.74, 6) is -1.04. The predicted molar refractivity (Wildman–Crippen MR) is 88.1 cm³/mol. The maximum absolute atomic E-state index is 12.6. The molecule has 3 rings (SSSR count). The molecule has 7 heteroatoms. The van der Waals surface area contributed by atoms with Crippen LogP contribution in [0.5, 0.6) is 0 Å². The van der Waals surface area contributed by atoms with Gasteiger partial charge in [-0.25, -0.2) is 9.96 Å². The van der Waals surface area contributed by atoms with Crippen molar-refractivity contribution in [2.45, 2.75) is 12.5 Å². The lowest BCUT2D eigenvalue weighted by molar-refractivity contribution is -0.121. The Kier molecular flexibility index (Phi) is 4.26. The monoisotopic (exact) mass is 350 g/mol. The molecular formula is C16H12Cl2N2O3. The van der Waals surface area contributed by atoms with Gasteiger partial charge < -0.3 is 0 Å². The van der Waals surface area contributed by atoms with Crippen LogP contribution in [0.25, 0.3) is 0 Å². The standard InChI is InChI=1S/C16H12Cl2N2O3/c17-11-7-4-8-12(18)15(11)19-14(21)9-13(16(19)22)20(23)10-5-2-1-3-6-10/h1-8,13,23H,9H2/t13-/m1/s1. The SMILES string of the molecule is O=C1C[C@@H](N(O)c2ccccc2)C(=O)N1c1c(Cl)cccc1Cl. The molecule has 2 amide bonds. The summed E-state index contributed by atoms with van der Waals surface area (Å²) in [5.41, 5.74) is 0.570. The third kappa shape index (κ3) is 2.79. The molecule has 23 heavy (non-hydrogen) atoms. The van der Waals surface area contributed by atoms with Crippen LogP contribution < -0.4 is 9.96 Å². The number of para-hydroxylation sites is 2. The Morgan fingerprint density at radius 3 is 2.22 bits per heavy atom. The van der Waals surface area contributed by atoms with E-state index < -0.39 is 17.9 Å². The molecular weight excluding hydrogens is 339 g/mol. The lowest BCUT2D eigenvalue weighted by Gasteiger charge is -2.23. The van der Waals surface area contributed by atoms with E-state index in [1.165, 1.54) is 0 Å². The minimum Gasteiger partial charge on any atom is -0.288 e. The molecule has 2 aromatic rings. The van der Waals surface area contributed by atoms with Crippen LogP contribution in [0.1, 0.15) is 6.42 Å². The van der Waals surface area contributed by atoms with Crippen molar-refractivity contribution in [3.8, 4) is 0 Å². The third-order valence-corrected chi connectivity index (χ3v) is 4.21. The second-order valence-corrected chi connectivity index (χ2v) is 5.85. The van der Waals surface area contributed by atoms with Gasteiger partial charge in [0.1, 0.15) is 6.04 Å². The van der Waals surface area contributed by atoms with E-state index in [4.69, 9.17) is 23.2 Å². The third-order valence-electron chi connectivity index (χ3n) is 3.60. The van der Waals surface area contributed by atoms with Crippen molar-refractivity contribution in [1.29, 1.82) is 0 Å². The van der Waals surface area contributed by atoms with E-state index in [2.05, 4.69) is 0 Å². The number of rotatable bonds is 3. The van der Waals surface area contributed by atoms with Gasteiger partial charge in [-0.05, 0) is 24.3 Å². The Bertz CT molecular complexity index is 747. The second kappa shape index (κ2) is 6.20. The average Bonchev–Trinajstić information content (AvgIpc) is 2.83. The molecule has 0 spiro atoms. The minimum absolute atomic E-state index is 0.148. The van der Waals surface area contributed by atoms with Crippen LogP contribution in [0.3, 0.4) is 0 Å². The Labute approximate surface area is 142 Å². The minimum atomic E-state index is -1.02. The number of hydrogen-bond donors (Lipinski definition) is 1. The summed E-state index contributed by atoms with van der Waals surface area (Å²) in [4.78, 5) is 25.8. The van der Waals surface area contributed by atoms with Crippen molar-refractivity contribution in [1.82, 2.24) is 0 Å². The molecule has 2 aromatic carbocycles. The molecule has 0 bridgehead atoms. The molecule has 0 aliphatic carbocycles. The number of carbonyl (C=O) groups excluding carboxylic acids is 2. The molecule has 1 N–H and O–H groups in total. The highest BCUT2D eigenvalue weighted by Gasteiger charge is 2.44. The predicted octanol–water partition coefficient (Wildman–Crippen LogP) is 3.52. The molecule has 1 fully saturated rings. The van der Waals surface area contributed by atoms with Gasteiger partial charge >= 0.3 is 0 Å². The van der Waals surface area contributed by atoms with Crippen LogP contribution in [-0.4, -0.2) is 23.1 Å². The molecule has 1 aliphatic heterocycles. The van der Waals surface area contributed by atoms with Gasteiger partial charge in [0, 0.05) is 0 Å². The molecule has 5 nitrogen and oxygen atoms in total. The Morgan fingerprint density at radius 1 is 1.00 bits per heavy atom. The molecule has 0 saturated carbocycles. The van der Waals surface area contributed by atoms with Gasteiger partial charge in [-0.15, -0.1) is 0 Å². The summed E-state index contributed by atoms with van der Waals surface area (Å²) in [6, 6.07) is 12.2. The smallest absolute Gasteiger partial charge is 0.259 e. The van der Waals surface area contributed by atoms with Gasteiger partial charge in [0.25, 0.3) is 5.91 Å². The van der Waals surface area contributed by atoms with Crippen LogP contribution in [0.2, 0.25) is 10.0 Å². The van der Waals surface area contributed by atoms with E-state index in [-0.39, 0.29) is 22.2 Å². The van der Waals surface area contributed by atoms with E-state index in [0.717, 1.165) is 9.96 Å². The van der Waals surface area contributed by atoms with Crippen molar-refractivity contribution < 1.29 is 14.8 Å². The number of carbonyl (C=O) groups is 2. The highest BCUT2D eigenvalue weighted by atomic mass is 35.5. The van der Waals surface area contributed by atoms with Crippen molar-refractivity contribution in [3.05, 3.63) is 58.6 Å². The Hall–Kier alpha value is -2.08. The van der Waals surface area contributed by atoms with Crippen LogP contribution in [-0.2, 0) is 9.59 Å². The highest BCUT2D eigenvalue weighted by Crippen LogP contribution is 2.37. The number of halogens is 2. The summed E-state index contributed by atoms with van der Waals surface area (Å²) >= 11 is 12.2. The van der Waals surface area contributed by atoms with Crippen LogP contribution >= 0.6 is 23.2 Å². The normalized spacial score (nSPS) is 17.7. The summed E-state index contributed by atoms with van der Waals surface area (Å²) in [7, 11) is 0. The van der Waals surface area contributed by atoms with E-state index in [9.17, 15) is 14.8 Å². The van der Waals surface area contributed by atoms with Gasteiger partial charge in [0.2, 0.25) is 5.91 Å². The lowest BCUT2D eigenvalue weighted by Crippen LogP contribution is -2.40. The maximum atomic E-state index is 12.6. The summed E-state index contributed by atoms with van der Waals surface area (Å²) in [5, 5.41) is 11.5. The van der Waals surface area contributed by atoms with E-state index in [1.54, 1.807) is 48.5 Å². The topological polar surface area (TPSA) is 60.9 Å². The molecule has 0 unspecified atom stereocenters. The molecule has 0 radical (unpaired) electrons. The first-order valence-electron chi connectivity index (χ1n) is 6.84. The zero-order valence-electron chi connectivity index (χ0n) is 11.8. The van der Waals surface area contributed by atoms with E-state index in [0.29, 0.717) is 5.69 Å². The zero-order valence-corrected chi connectivity index (χ0v) is 13.3. The van der Waals surface area contributed by atoms with Gasteiger partial charge in [-0.3, -0.25) is 14.8 Å². The quantitative estimate of drug-likeness (QED) is 0.679. The average molecular weight is 351 g/mol. The van der Waals surface area contributed by atoms with Crippen LogP contribution in [0.4, 0.5) is 11.4 Å². The number of imide groups is 1. The molecule has 1 saturated heterocycles. The van der Waals surface area contributed by atoms with Gasteiger partial charge in [-0.2, -0.15) is 0 Å². The van der Waals surface area contributed by atoms with Gasteiger partial charge in [0.15, 0.2) is 0 Å². The van der Waals surface area contributed by atoms with Crippen molar-refractivity contribution in [2.24, 2.45) is 0 Å². The van der Waals surface area contributed by atoms with Gasteiger partial charge in [0.05, 0.1) is 27.8 Å². The molecule has 1 heterocycles. The van der Waals surface area contributed by atoms with Crippen LogP contribution in [0, 0.1) is 0 Å². The summed E-state index contributed by atoms with van der Waals surface area (Å²) in [6.45, 7) is 0. The number of hydrogen-bond acceptors (Lipinski definition) is 4. The second-order valence-electron chi connectivity index (χ2n) is 5.04. The number of anilines is 2. The fraction of sp³-hybridized carbons (Fsp3) is 0.125. The molecule has 1 atom stereocenters. The van der Waals surface area contributed by atoms with Crippen molar-refractivity contribution >= 4 is 46.4 Å². The first-order chi connectivity index (χ1) is 11.0. The Balaban J connectivity index is 1.95. The number of amides is 2. The van der Waals surface area contributed by atoms with Gasteiger partial charge in [-0.1, -0.05) is 47.5 Å². The Morgan fingerprint density at radius 2 is 1.61 bits per heavy atom. The fourth-order valence-electron chi connectivity index (χ4n) is 2.51. The maximum Gasteiger partial charge on any atom is 0.259 e. The molecule has 1 aliphatic rings. The first kappa shape index (κ1) is 15.8. The van der Waals surface area contributed by atoms with Crippen LogP contribution in [0.15, 0.2) is 48.5 Å². The number of hydroxylamine groups is 1. The fourth-order valence-corrected chi connectivity index (χ4v) is 3.07. The largest absolute Gasteiger partial charge is 0.288 e. The van der Waals surface area contributed by atoms with E-state index >= 15 is 0 Å². The number of benzene rings is 2. The molecule has 0 aromatic heterocycles. The molecule has 118 valence electrons. The summed E-state index contributed by atoms with van der Waals surface area (Å²) < 4.78 is 0. The number of nitrogens with zero attached hydrogens (tertiary/aromatic N) is 2.